The zero-order valence-electron chi connectivity index (χ0n) is 14.9. The number of rotatable bonds is 1. The van der Waals surface area contributed by atoms with E-state index in [4.69, 9.17) is 16.3 Å². The Kier molecular flexibility index (Phi) is 4.93. The highest BCUT2D eigenvalue weighted by Gasteiger charge is 2.28. The predicted molar refractivity (Wildman–Crippen MR) is 97.2 cm³/mol. The van der Waals surface area contributed by atoms with E-state index in [1.165, 1.54) is 12.1 Å². The first-order valence-corrected chi connectivity index (χ1v) is 8.77. The number of ether oxygens (including phenoxy) is 1. The average molecular weight is 380 g/mol. The number of hydrogen-bond acceptors (Lipinski definition) is 2. The van der Waals surface area contributed by atoms with Gasteiger partial charge >= 0.3 is 6.09 Å². The van der Waals surface area contributed by atoms with Crippen molar-refractivity contribution in [2.24, 2.45) is 0 Å². The van der Waals surface area contributed by atoms with Crippen LogP contribution < -0.4 is 0 Å². The molecule has 0 bridgehead atoms. The minimum absolute atomic E-state index is 0.261. The summed E-state index contributed by atoms with van der Waals surface area (Å²) >= 11 is 6.31. The molecule has 2 aromatic rings. The summed E-state index contributed by atoms with van der Waals surface area (Å²) in [7, 11) is 0. The van der Waals surface area contributed by atoms with Gasteiger partial charge in [-0.2, -0.15) is 0 Å². The lowest BCUT2D eigenvalue weighted by molar-refractivity contribution is 0.0224. The zero-order chi connectivity index (χ0) is 19.1. The van der Waals surface area contributed by atoms with Gasteiger partial charge in [-0.15, -0.1) is 0 Å². The highest BCUT2D eigenvalue weighted by Crippen LogP contribution is 2.36. The maximum Gasteiger partial charge on any atom is 0.410 e. The Morgan fingerprint density at radius 1 is 1.12 bits per heavy atom. The summed E-state index contributed by atoms with van der Waals surface area (Å²) in [6.45, 7) is 6.14. The third-order valence-corrected chi connectivity index (χ3v) is 4.58. The van der Waals surface area contributed by atoms with Crippen LogP contribution in [-0.4, -0.2) is 23.1 Å². The lowest BCUT2D eigenvalue weighted by Gasteiger charge is -2.32. The Hall–Kier alpha value is -2.14. The summed E-state index contributed by atoms with van der Waals surface area (Å²) in [6.07, 6.45) is 0.123. The maximum absolute atomic E-state index is 14.3. The van der Waals surface area contributed by atoms with Gasteiger partial charge in [0.15, 0.2) is 0 Å². The molecule has 26 heavy (non-hydrogen) atoms. The SMILES string of the molecule is CC(C)(C)OC(=O)N1CCc2c(Cl)ccc(-c3ccc(F)cc3F)c2C1. The Morgan fingerprint density at radius 2 is 1.81 bits per heavy atom. The van der Waals surface area contributed by atoms with Crippen molar-refractivity contribution in [3.05, 3.63) is 58.1 Å². The van der Waals surface area contributed by atoms with Crippen LogP contribution in [0.5, 0.6) is 0 Å². The Morgan fingerprint density at radius 3 is 2.46 bits per heavy atom. The first-order valence-electron chi connectivity index (χ1n) is 8.39. The molecular weight excluding hydrogens is 360 g/mol. The number of carbonyl (C=O) groups excluding carboxylic acids is 1. The molecule has 0 radical (unpaired) electrons. The van der Waals surface area contributed by atoms with Gasteiger partial charge in [0.05, 0.1) is 0 Å². The Bertz CT molecular complexity index is 862. The van der Waals surface area contributed by atoms with Gasteiger partial charge in [-0.3, -0.25) is 0 Å². The van der Waals surface area contributed by atoms with Gasteiger partial charge in [0.2, 0.25) is 0 Å². The summed E-state index contributed by atoms with van der Waals surface area (Å²) in [5, 5.41) is 0.579. The Labute approximate surface area is 156 Å². The van der Waals surface area contributed by atoms with Gasteiger partial charge in [0.1, 0.15) is 17.2 Å². The summed E-state index contributed by atoms with van der Waals surface area (Å²) in [6, 6.07) is 6.89. The molecule has 0 N–H and O–H groups in total. The fourth-order valence-corrected chi connectivity index (χ4v) is 3.35. The molecule has 0 saturated carbocycles. The van der Waals surface area contributed by atoms with Crippen molar-refractivity contribution in [3.63, 3.8) is 0 Å². The summed E-state index contributed by atoms with van der Waals surface area (Å²) in [5.41, 5.74) is 1.94. The van der Waals surface area contributed by atoms with E-state index in [1.807, 2.05) is 0 Å². The molecule has 0 saturated heterocycles. The van der Waals surface area contributed by atoms with E-state index in [1.54, 1.807) is 37.8 Å². The van der Waals surface area contributed by atoms with Crippen LogP contribution in [-0.2, 0) is 17.7 Å². The summed E-state index contributed by atoms with van der Waals surface area (Å²) in [4.78, 5) is 14.0. The van der Waals surface area contributed by atoms with E-state index in [9.17, 15) is 13.6 Å². The second-order valence-corrected chi connectivity index (χ2v) is 7.74. The van der Waals surface area contributed by atoms with E-state index >= 15 is 0 Å². The van der Waals surface area contributed by atoms with Crippen LogP contribution in [0.2, 0.25) is 5.02 Å². The normalized spacial score (nSPS) is 14.2. The average Bonchev–Trinajstić information content (AvgIpc) is 2.54. The van der Waals surface area contributed by atoms with Gasteiger partial charge in [-0.05, 0) is 62.1 Å². The van der Waals surface area contributed by atoms with Crippen molar-refractivity contribution >= 4 is 17.7 Å². The number of hydrogen-bond donors (Lipinski definition) is 0. The summed E-state index contributed by atoms with van der Waals surface area (Å²) in [5.74, 6) is -1.28. The van der Waals surface area contributed by atoms with Crippen molar-refractivity contribution in [1.82, 2.24) is 4.90 Å². The number of benzene rings is 2. The van der Waals surface area contributed by atoms with Crippen LogP contribution >= 0.6 is 11.6 Å². The largest absolute Gasteiger partial charge is 0.444 e. The highest BCUT2D eigenvalue weighted by molar-refractivity contribution is 6.31. The zero-order valence-corrected chi connectivity index (χ0v) is 15.7. The third kappa shape index (κ3) is 3.83. The summed E-state index contributed by atoms with van der Waals surface area (Å²) < 4.78 is 33.0. The van der Waals surface area contributed by atoms with Crippen molar-refractivity contribution in [3.8, 4) is 11.1 Å². The van der Waals surface area contributed by atoms with Gasteiger partial charge in [-0.25, -0.2) is 13.6 Å². The molecule has 0 fully saturated rings. The number of fused-ring (bicyclic) bond motifs is 1. The first kappa shape index (κ1) is 18.6. The van der Waals surface area contributed by atoms with Crippen LogP contribution in [0.1, 0.15) is 31.9 Å². The fraction of sp³-hybridized carbons (Fsp3) is 0.350. The van der Waals surface area contributed by atoms with Crippen molar-refractivity contribution in [2.75, 3.05) is 6.54 Å². The van der Waals surface area contributed by atoms with Gasteiger partial charge in [-0.1, -0.05) is 17.7 Å². The van der Waals surface area contributed by atoms with Gasteiger partial charge < -0.3 is 9.64 Å². The van der Waals surface area contributed by atoms with E-state index in [0.717, 1.165) is 17.2 Å². The van der Waals surface area contributed by atoms with E-state index in [2.05, 4.69) is 0 Å². The van der Waals surface area contributed by atoms with Crippen LogP contribution in [0, 0.1) is 11.6 Å². The van der Waals surface area contributed by atoms with E-state index in [0.29, 0.717) is 23.6 Å². The monoisotopic (exact) mass is 379 g/mol. The molecule has 1 amide bonds. The van der Waals surface area contributed by atoms with Crippen LogP contribution in [0.15, 0.2) is 30.3 Å². The van der Waals surface area contributed by atoms with Crippen molar-refractivity contribution in [1.29, 1.82) is 0 Å². The van der Waals surface area contributed by atoms with Crippen molar-refractivity contribution in [2.45, 2.75) is 39.3 Å². The molecule has 0 unspecified atom stereocenters. The molecule has 0 aliphatic carbocycles. The van der Waals surface area contributed by atoms with Crippen LogP contribution in [0.4, 0.5) is 13.6 Å². The van der Waals surface area contributed by atoms with Crippen LogP contribution in [0.25, 0.3) is 11.1 Å². The molecule has 3 nitrogen and oxygen atoms in total. The molecule has 1 heterocycles. The molecule has 0 atom stereocenters. The number of carbonyl (C=O) groups is 1. The minimum atomic E-state index is -0.649. The maximum atomic E-state index is 14.3. The molecule has 6 heteroatoms. The van der Waals surface area contributed by atoms with Crippen LogP contribution in [0.3, 0.4) is 0 Å². The van der Waals surface area contributed by atoms with Crippen molar-refractivity contribution < 1.29 is 18.3 Å². The number of halogens is 3. The smallest absolute Gasteiger partial charge is 0.410 e. The Balaban J connectivity index is 2.00. The molecule has 0 spiro atoms. The highest BCUT2D eigenvalue weighted by atomic mass is 35.5. The molecular formula is C20H20ClF2NO2. The second-order valence-electron chi connectivity index (χ2n) is 7.33. The standard InChI is InChI=1S/C20H20ClF2NO2/c1-20(2,3)26-19(25)24-9-8-14-16(11-24)13(6-7-17(14)21)15-5-4-12(22)10-18(15)23/h4-7,10H,8-9,11H2,1-3H3. The minimum Gasteiger partial charge on any atom is -0.444 e. The molecule has 0 aromatic heterocycles. The quantitative estimate of drug-likeness (QED) is 0.647. The third-order valence-electron chi connectivity index (χ3n) is 4.23. The van der Waals surface area contributed by atoms with E-state index in [-0.39, 0.29) is 12.1 Å². The topological polar surface area (TPSA) is 29.5 Å². The second kappa shape index (κ2) is 6.88. The predicted octanol–water partition coefficient (Wildman–Crippen LogP) is 5.58. The van der Waals surface area contributed by atoms with Gasteiger partial charge in [0.25, 0.3) is 0 Å². The lowest BCUT2D eigenvalue weighted by Crippen LogP contribution is -2.40. The van der Waals surface area contributed by atoms with E-state index < -0.39 is 23.3 Å². The van der Waals surface area contributed by atoms with Gasteiger partial charge in [0, 0.05) is 29.7 Å². The number of amides is 1. The molecule has 3 rings (SSSR count). The molecule has 1 aliphatic heterocycles. The molecule has 138 valence electrons. The molecule has 1 aliphatic rings. The fourth-order valence-electron chi connectivity index (χ4n) is 3.07. The first-order chi connectivity index (χ1) is 12.2. The number of nitrogens with zero attached hydrogens (tertiary/aromatic N) is 1. The lowest BCUT2D eigenvalue weighted by atomic mass is 9.91. The molecule has 2 aromatic carbocycles.